The predicted octanol–water partition coefficient (Wildman–Crippen LogP) is 1.10. The third-order valence-corrected chi connectivity index (χ3v) is 3.29. The number of aliphatic hydroxyl groups excluding tert-OH is 1. The van der Waals surface area contributed by atoms with Crippen LogP contribution in [0.3, 0.4) is 0 Å². The number of ether oxygens (including phenoxy) is 1. The molecule has 2 aliphatic carbocycles. The molecule has 2 aliphatic rings. The lowest BCUT2D eigenvalue weighted by Gasteiger charge is -2.19. The van der Waals surface area contributed by atoms with E-state index in [9.17, 15) is 9.90 Å². The van der Waals surface area contributed by atoms with Gasteiger partial charge in [0.05, 0.1) is 7.11 Å². The highest BCUT2D eigenvalue weighted by atomic mass is 16.5. The van der Waals surface area contributed by atoms with Gasteiger partial charge in [-0.25, -0.2) is 4.79 Å². The molecule has 1 N–H and O–H groups in total. The van der Waals surface area contributed by atoms with Crippen molar-refractivity contribution < 1.29 is 14.6 Å². The highest BCUT2D eigenvalue weighted by Crippen LogP contribution is 2.57. The van der Waals surface area contributed by atoms with Gasteiger partial charge in [-0.15, -0.1) is 0 Å². The van der Waals surface area contributed by atoms with E-state index in [1.807, 2.05) is 0 Å². The molecule has 3 heteroatoms. The van der Waals surface area contributed by atoms with Crippen molar-refractivity contribution in [2.75, 3.05) is 7.11 Å². The first-order chi connectivity index (χ1) is 6.18. The average Bonchev–Trinajstić information content (AvgIpc) is 3.00. The first kappa shape index (κ1) is 9.00. The summed E-state index contributed by atoms with van der Waals surface area (Å²) >= 11 is 0. The van der Waals surface area contributed by atoms with E-state index in [1.54, 1.807) is 0 Å². The SMILES string of the molecule is COC(=O)C(O)C1(CC2CC2)CC1. The second kappa shape index (κ2) is 2.98. The number of rotatable bonds is 4. The van der Waals surface area contributed by atoms with Crippen LogP contribution in [-0.4, -0.2) is 24.3 Å². The lowest BCUT2D eigenvalue weighted by Crippen LogP contribution is -2.32. The van der Waals surface area contributed by atoms with E-state index in [0.29, 0.717) is 0 Å². The molecule has 2 saturated carbocycles. The summed E-state index contributed by atoms with van der Waals surface area (Å²) in [5, 5.41) is 9.71. The molecule has 2 rings (SSSR count). The van der Waals surface area contributed by atoms with Crippen LogP contribution in [0.5, 0.6) is 0 Å². The van der Waals surface area contributed by atoms with Crippen LogP contribution in [0.4, 0.5) is 0 Å². The lowest BCUT2D eigenvalue weighted by atomic mass is 9.92. The van der Waals surface area contributed by atoms with Crippen molar-refractivity contribution in [3.8, 4) is 0 Å². The van der Waals surface area contributed by atoms with Crippen molar-refractivity contribution in [1.82, 2.24) is 0 Å². The fourth-order valence-electron chi connectivity index (χ4n) is 2.01. The Morgan fingerprint density at radius 2 is 2.23 bits per heavy atom. The molecule has 2 fully saturated rings. The van der Waals surface area contributed by atoms with Crippen molar-refractivity contribution in [3.63, 3.8) is 0 Å². The summed E-state index contributed by atoms with van der Waals surface area (Å²) < 4.78 is 4.55. The molecule has 0 saturated heterocycles. The summed E-state index contributed by atoms with van der Waals surface area (Å²) in [6.07, 6.45) is 4.66. The minimum absolute atomic E-state index is 0.103. The van der Waals surface area contributed by atoms with Crippen LogP contribution >= 0.6 is 0 Å². The highest BCUT2D eigenvalue weighted by molar-refractivity contribution is 5.75. The molecule has 1 unspecified atom stereocenters. The molecule has 0 amide bonds. The fourth-order valence-corrected chi connectivity index (χ4v) is 2.01. The number of aliphatic hydroxyl groups is 1. The Bertz CT molecular complexity index is 216. The molecule has 0 aromatic carbocycles. The number of esters is 1. The molecule has 0 aliphatic heterocycles. The Balaban J connectivity index is 1.92. The van der Waals surface area contributed by atoms with Gasteiger partial charge in [-0.05, 0) is 25.2 Å². The Morgan fingerprint density at radius 1 is 1.62 bits per heavy atom. The van der Waals surface area contributed by atoms with Crippen LogP contribution in [0.15, 0.2) is 0 Å². The fraction of sp³-hybridized carbons (Fsp3) is 0.900. The van der Waals surface area contributed by atoms with Gasteiger partial charge in [-0.1, -0.05) is 12.8 Å². The zero-order chi connectivity index (χ0) is 9.47. The van der Waals surface area contributed by atoms with Gasteiger partial charge in [0.15, 0.2) is 6.10 Å². The molecule has 0 spiro atoms. The third-order valence-electron chi connectivity index (χ3n) is 3.29. The quantitative estimate of drug-likeness (QED) is 0.665. The van der Waals surface area contributed by atoms with E-state index in [-0.39, 0.29) is 5.41 Å². The van der Waals surface area contributed by atoms with Gasteiger partial charge in [0.1, 0.15) is 0 Å². The summed E-state index contributed by atoms with van der Waals surface area (Å²) in [5.74, 6) is 0.306. The molecule has 0 aromatic rings. The molecule has 13 heavy (non-hydrogen) atoms. The minimum atomic E-state index is -0.877. The van der Waals surface area contributed by atoms with Crippen LogP contribution in [-0.2, 0) is 9.53 Å². The molecule has 0 heterocycles. The Labute approximate surface area is 78.1 Å². The topological polar surface area (TPSA) is 46.5 Å². The number of carbonyl (C=O) groups excluding carboxylic acids is 1. The Kier molecular flexibility index (Phi) is 2.06. The van der Waals surface area contributed by atoms with Crippen molar-refractivity contribution in [2.45, 2.75) is 38.2 Å². The van der Waals surface area contributed by atoms with E-state index in [0.717, 1.165) is 25.2 Å². The minimum Gasteiger partial charge on any atom is -0.467 e. The van der Waals surface area contributed by atoms with Gasteiger partial charge in [0.2, 0.25) is 0 Å². The number of carbonyl (C=O) groups is 1. The van der Waals surface area contributed by atoms with Gasteiger partial charge in [0.25, 0.3) is 0 Å². The van der Waals surface area contributed by atoms with Gasteiger partial charge < -0.3 is 9.84 Å². The Morgan fingerprint density at radius 3 is 2.62 bits per heavy atom. The smallest absolute Gasteiger partial charge is 0.335 e. The summed E-state index contributed by atoms with van der Waals surface area (Å²) in [7, 11) is 1.33. The van der Waals surface area contributed by atoms with Gasteiger partial charge in [-0.3, -0.25) is 0 Å². The molecule has 0 radical (unpaired) electrons. The van der Waals surface area contributed by atoms with E-state index >= 15 is 0 Å². The molecule has 0 bridgehead atoms. The number of hydrogen-bond acceptors (Lipinski definition) is 3. The van der Waals surface area contributed by atoms with E-state index in [4.69, 9.17) is 0 Å². The lowest BCUT2D eigenvalue weighted by molar-refractivity contribution is -0.154. The summed E-state index contributed by atoms with van der Waals surface area (Å²) in [5.41, 5.74) is -0.103. The Hall–Kier alpha value is -0.570. The van der Waals surface area contributed by atoms with E-state index in [1.165, 1.54) is 20.0 Å². The summed E-state index contributed by atoms with van der Waals surface area (Å²) in [6.45, 7) is 0. The molecular weight excluding hydrogens is 168 g/mol. The van der Waals surface area contributed by atoms with Crippen LogP contribution in [0.25, 0.3) is 0 Å². The molecular formula is C10H16O3. The molecule has 3 nitrogen and oxygen atoms in total. The molecule has 74 valence electrons. The normalized spacial score (nSPS) is 26.6. The first-order valence-electron chi connectivity index (χ1n) is 4.94. The highest BCUT2D eigenvalue weighted by Gasteiger charge is 2.54. The first-order valence-corrected chi connectivity index (χ1v) is 4.94. The number of hydrogen-bond donors (Lipinski definition) is 1. The van der Waals surface area contributed by atoms with Crippen LogP contribution in [0.2, 0.25) is 0 Å². The van der Waals surface area contributed by atoms with Crippen molar-refractivity contribution >= 4 is 5.97 Å². The summed E-state index contributed by atoms with van der Waals surface area (Å²) in [6, 6.07) is 0. The van der Waals surface area contributed by atoms with E-state index in [2.05, 4.69) is 4.74 Å². The molecule has 0 aromatic heterocycles. The van der Waals surface area contributed by atoms with Crippen molar-refractivity contribution in [2.24, 2.45) is 11.3 Å². The zero-order valence-corrected chi connectivity index (χ0v) is 7.95. The van der Waals surface area contributed by atoms with Gasteiger partial charge in [-0.2, -0.15) is 0 Å². The van der Waals surface area contributed by atoms with Crippen LogP contribution in [0.1, 0.15) is 32.1 Å². The standard InChI is InChI=1S/C10H16O3/c1-13-9(12)8(11)10(4-5-10)6-7-2-3-7/h7-8,11H,2-6H2,1H3. The number of methoxy groups -OCH3 is 1. The predicted molar refractivity (Wildman–Crippen MR) is 47.0 cm³/mol. The summed E-state index contributed by atoms with van der Waals surface area (Å²) in [4.78, 5) is 11.1. The maximum Gasteiger partial charge on any atom is 0.335 e. The van der Waals surface area contributed by atoms with Crippen molar-refractivity contribution in [3.05, 3.63) is 0 Å². The van der Waals surface area contributed by atoms with Gasteiger partial charge in [0, 0.05) is 5.41 Å². The van der Waals surface area contributed by atoms with Crippen LogP contribution < -0.4 is 0 Å². The monoisotopic (exact) mass is 184 g/mol. The maximum atomic E-state index is 11.1. The second-order valence-corrected chi connectivity index (χ2v) is 4.44. The maximum absolute atomic E-state index is 11.1. The van der Waals surface area contributed by atoms with Crippen LogP contribution in [0, 0.1) is 11.3 Å². The second-order valence-electron chi connectivity index (χ2n) is 4.44. The van der Waals surface area contributed by atoms with Gasteiger partial charge >= 0.3 is 5.97 Å². The third kappa shape index (κ3) is 1.70. The van der Waals surface area contributed by atoms with Crippen molar-refractivity contribution in [1.29, 1.82) is 0 Å². The largest absolute Gasteiger partial charge is 0.467 e. The molecule has 1 atom stereocenters. The van der Waals surface area contributed by atoms with E-state index < -0.39 is 12.1 Å². The zero-order valence-electron chi connectivity index (χ0n) is 7.95. The average molecular weight is 184 g/mol.